The fraction of sp³-hybridized carbons (Fsp3) is 0.607. The van der Waals surface area contributed by atoms with Crippen LogP contribution in [0.3, 0.4) is 0 Å². The van der Waals surface area contributed by atoms with E-state index in [0.717, 1.165) is 18.4 Å². The molecule has 11 heteroatoms. The van der Waals surface area contributed by atoms with Gasteiger partial charge in [0.15, 0.2) is 0 Å². The van der Waals surface area contributed by atoms with Gasteiger partial charge in [-0.2, -0.15) is 5.26 Å². The van der Waals surface area contributed by atoms with Crippen molar-refractivity contribution in [1.29, 1.82) is 5.26 Å². The van der Waals surface area contributed by atoms with Crippen LogP contribution in [0.25, 0.3) is 0 Å². The lowest BCUT2D eigenvalue weighted by atomic mass is 9.80. The Hall–Kier alpha value is -3.68. The summed E-state index contributed by atoms with van der Waals surface area (Å²) in [6, 6.07) is 5.95. The lowest BCUT2D eigenvalue weighted by Gasteiger charge is -2.30. The topological polar surface area (TPSA) is 141 Å². The highest BCUT2D eigenvalue weighted by Gasteiger charge is 2.58. The van der Waals surface area contributed by atoms with E-state index in [9.17, 15) is 24.4 Å². The summed E-state index contributed by atoms with van der Waals surface area (Å²) in [5.74, 6) is -1.36. The zero-order valence-electron chi connectivity index (χ0n) is 22.4. The Balaban J connectivity index is 1.36. The molecule has 5 rings (SSSR count). The molecule has 1 spiro atoms. The van der Waals surface area contributed by atoms with Crippen molar-refractivity contribution in [2.75, 3.05) is 11.9 Å². The number of rotatable bonds is 7. The molecular formula is C28H34FN5O5. The number of nitriles is 1. The number of anilines is 1. The molecule has 10 nitrogen and oxygen atoms in total. The Morgan fingerprint density at radius 1 is 1.23 bits per heavy atom. The quantitative estimate of drug-likeness (QED) is 0.487. The largest absolute Gasteiger partial charge is 0.444 e. The number of ether oxygens (including phenoxy) is 1. The number of benzene rings is 1. The van der Waals surface area contributed by atoms with Gasteiger partial charge in [-0.3, -0.25) is 14.4 Å². The Kier molecular flexibility index (Phi) is 6.56. The standard InChI is InChI=1S/C28H34FN5O5/c1-26(2,3)39-25(38)33-21(28(29)10-11-28)22(35)31-20(12-16-8-9-16)23(36)34-15-27(13-17(34)14-30)18-6-4-5-7-19(18)32-24(27)37/h4-7,16-17,20-21H,8-13,15H2,1-3H3,(H,31,35)(H,32,37)(H,33,38)/t17-,20-,21?,27-/m0/s1. The van der Waals surface area contributed by atoms with Crippen molar-refractivity contribution in [1.82, 2.24) is 15.5 Å². The monoisotopic (exact) mass is 539 g/mol. The summed E-state index contributed by atoms with van der Waals surface area (Å²) in [6.45, 7) is 4.97. The normalized spacial score (nSPS) is 26.2. The molecule has 0 aromatic heterocycles. The van der Waals surface area contributed by atoms with Gasteiger partial charge < -0.3 is 25.6 Å². The lowest BCUT2D eigenvalue weighted by molar-refractivity contribution is -0.138. The molecule has 1 aromatic carbocycles. The molecule has 39 heavy (non-hydrogen) atoms. The molecule has 3 N–H and O–H groups in total. The highest BCUT2D eigenvalue weighted by atomic mass is 19.1. The third-order valence-electron chi connectivity index (χ3n) is 7.96. The Labute approximate surface area is 226 Å². The Morgan fingerprint density at radius 3 is 2.54 bits per heavy atom. The molecular weight excluding hydrogens is 505 g/mol. The third kappa shape index (κ3) is 5.29. The maximum atomic E-state index is 15.2. The predicted octanol–water partition coefficient (Wildman–Crippen LogP) is 2.68. The Morgan fingerprint density at radius 2 is 1.92 bits per heavy atom. The summed E-state index contributed by atoms with van der Waals surface area (Å²) in [4.78, 5) is 54.1. The molecule has 0 radical (unpaired) electrons. The minimum atomic E-state index is -1.92. The fourth-order valence-corrected chi connectivity index (χ4v) is 5.61. The number of hydrogen-bond acceptors (Lipinski definition) is 6. The van der Waals surface area contributed by atoms with Crippen LogP contribution in [0.1, 0.15) is 64.9 Å². The summed E-state index contributed by atoms with van der Waals surface area (Å²) >= 11 is 0. The van der Waals surface area contributed by atoms with E-state index in [1.54, 1.807) is 32.9 Å². The van der Waals surface area contributed by atoms with E-state index in [1.165, 1.54) is 4.90 Å². The molecule has 2 aliphatic heterocycles. The average Bonchev–Trinajstić information content (AvgIpc) is 3.77. The number of alkyl halides is 1. The van der Waals surface area contributed by atoms with Crippen molar-refractivity contribution in [3.8, 4) is 6.07 Å². The number of carbonyl (C=O) groups excluding carboxylic acids is 4. The first-order chi connectivity index (χ1) is 18.3. The van der Waals surface area contributed by atoms with Gasteiger partial charge in [-0.1, -0.05) is 31.0 Å². The number of amides is 4. The maximum Gasteiger partial charge on any atom is 0.408 e. The summed E-state index contributed by atoms with van der Waals surface area (Å²) in [5, 5.41) is 17.8. The number of likely N-dealkylation sites (tertiary alicyclic amines) is 1. The van der Waals surface area contributed by atoms with E-state index in [-0.39, 0.29) is 37.6 Å². The van der Waals surface area contributed by atoms with Gasteiger partial charge in [0, 0.05) is 18.7 Å². The van der Waals surface area contributed by atoms with Crippen molar-refractivity contribution in [2.45, 2.75) is 94.1 Å². The van der Waals surface area contributed by atoms with Gasteiger partial charge in [0.05, 0.1) is 11.5 Å². The second kappa shape index (κ2) is 9.50. The van der Waals surface area contributed by atoms with Gasteiger partial charge in [0.2, 0.25) is 17.7 Å². The van der Waals surface area contributed by atoms with E-state index < -0.39 is 52.7 Å². The number of para-hydroxylation sites is 1. The average molecular weight is 540 g/mol. The van der Waals surface area contributed by atoms with Crippen LogP contribution in [0.2, 0.25) is 0 Å². The number of fused-ring (bicyclic) bond motifs is 2. The van der Waals surface area contributed by atoms with Gasteiger partial charge in [-0.25, -0.2) is 9.18 Å². The highest BCUT2D eigenvalue weighted by molar-refractivity contribution is 6.07. The number of nitrogens with zero attached hydrogens (tertiary/aromatic N) is 2. The number of nitrogens with one attached hydrogen (secondary N) is 3. The van der Waals surface area contributed by atoms with Gasteiger partial charge in [-0.15, -0.1) is 0 Å². The number of alkyl carbamates (subject to hydrolysis) is 1. The first-order valence-corrected chi connectivity index (χ1v) is 13.5. The van der Waals surface area contributed by atoms with E-state index >= 15 is 4.39 Å². The van der Waals surface area contributed by atoms with Crippen LogP contribution < -0.4 is 16.0 Å². The first-order valence-electron chi connectivity index (χ1n) is 13.5. The smallest absolute Gasteiger partial charge is 0.408 e. The Bertz CT molecular complexity index is 1250. The predicted molar refractivity (Wildman–Crippen MR) is 138 cm³/mol. The summed E-state index contributed by atoms with van der Waals surface area (Å²) in [6.07, 6.45) is 1.53. The van der Waals surface area contributed by atoms with Crippen LogP contribution in [0.5, 0.6) is 0 Å². The molecule has 2 aliphatic carbocycles. The zero-order valence-corrected chi connectivity index (χ0v) is 22.4. The van der Waals surface area contributed by atoms with Crippen LogP contribution in [0.15, 0.2) is 24.3 Å². The minimum Gasteiger partial charge on any atom is -0.444 e. The van der Waals surface area contributed by atoms with E-state index in [2.05, 4.69) is 22.0 Å². The summed E-state index contributed by atoms with van der Waals surface area (Å²) in [7, 11) is 0. The molecule has 1 aromatic rings. The van der Waals surface area contributed by atoms with Crippen LogP contribution in [0.4, 0.5) is 14.9 Å². The second-order valence-electron chi connectivity index (χ2n) is 12.3. The van der Waals surface area contributed by atoms with Gasteiger partial charge >= 0.3 is 6.09 Å². The van der Waals surface area contributed by atoms with Crippen molar-refractivity contribution < 1.29 is 28.3 Å². The van der Waals surface area contributed by atoms with E-state index in [4.69, 9.17) is 4.74 Å². The van der Waals surface area contributed by atoms with Crippen LogP contribution in [0, 0.1) is 17.2 Å². The van der Waals surface area contributed by atoms with E-state index in [1.807, 2.05) is 12.1 Å². The SMILES string of the molecule is CC(C)(C)OC(=O)NC(C(=O)N[C@@H](CC1CC1)C(=O)N1C[C@]2(C[C@H]1C#N)C(=O)Nc1ccccc12)C1(F)CC1. The molecule has 2 saturated carbocycles. The molecule has 1 saturated heterocycles. The molecule has 4 amide bonds. The van der Waals surface area contributed by atoms with Crippen LogP contribution in [-0.2, 0) is 24.5 Å². The number of carbonyl (C=O) groups is 4. The minimum absolute atomic E-state index is 0.00339. The van der Waals surface area contributed by atoms with E-state index in [0.29, 0.717) is 12.1 Å². The zero-order chi connectivity index (χ0) is 28.2. The van der Waals surface area contributed by atoms with Gasteiger partial charge in [0.25, 0.3) is 0 Å². The van der Waals surface area contributed by atoms with Crippen molar-refractivity contribution in [3.63, 3.8) is 0 Å². The molecule has 4 aliphatic rings. The van der Waals surface area contributed by atoms with Crippen LogP contribution >= 0.6 is 0 Å². The van der Waals surface area contributed by atoms with Gasteiger partial charge in [-0.05, 0) is 57.6 Å². The first kappa shape index (κ1) is 26.9. The maximum absolute atomic E-state index is 15.2. The van der Waals surface area contributed by atoms with Crippen molar-refractivity contribution in [2.24, 2.45) is 5.92 Å². The molecule has 2 heterocycles. The lowest BCUT2D eigenvalue weighted by Crippen LogP contribution is -2.58. The van der Waals surface area contributed by atoms with Crippen molar-refractivity contribution in [3.05, 3.63) is 29.8 Å². The number of hydrogen-bond donors (Lipinski definition) is 3. The summed E-state index contributed by atoms with van der Waals surface area (Å²) < 4.78 is 20.4. The molecule has 1 unspecified atom stereocenters. The fourth-order valence-electron chi connectivity index (χ4n) is 5.61. The molecule has 4 atom stereocenters. The molecule has 0 bridgehead atoms. The highest BCUT2D eigenvalue weighted by Crippen LogP contribution is 2.47. The van der Waals surface area contributed by atoms with Gasteiger partial charge in [0.1, 0.15) is 29.4 Å². The number of halogens is 1. The summed E-state index contributed by atoms with van der Waals surface area (Å²) in [5.41, 5.74) is -2.43. The third-order valence-corrected chi connectivity index (χ3v) is 7.96. The van der Waals surface area contributed by atoms with Crippen LogP contribution in [-0.4, -0.2) is 64.7 Å². The molecule has 208 valence electrons. The van der Waals surface area contributed by atoms with Crippen molar-refractivity contribution >= 4 is 29.5 Å². The molecule has 3 fully saturated rings. The second-order valence-corrected chi connectivity index (χ2v) is 12.3.